The van der Waals surface area contributed by atoms with E-state index in [1.165, 1.54) is 0 Å². The molecule has 1 fully saturated rings. The quantitative estimate of drug-likeness (QED) is 0.867. The molecule has 1 amide bonds. The molecule has 0 saturated heterocycles. The number of hydrogen-bond donors (Lipinski definition) is 1. The van der Waals surface area contributed by atoms with E-state index in [0.29, 0.717) is 10.4 Å². The Morgan fingerprint density at radius 3 is 2.77 bits per heavy atom. The van der Waals surface area contributed by atoms with Gasteiger partial charge in [-0.2, -0.15) is 0 Å². The van der Waals surface area contributed by atoms with Gasteiger partial charge in [0.2, 0.25) is 0 Å². The van der Waals surface area contributed by atoms with Gasteiger partial charge in [-0.3, -0.25) is 4.79 Å². The minimum Gasteiger partial charge on any atom is -0.444 e. The SMILES string of the molecule is CC1(NC(=O)c2ccc(Br)o2)CC1. The first kappa shape index (κ1) is 8.81. The first-order valence-corrected chi connectivity index (χ1v) is 4.96. The zero-order valence-corrected chi connectivity index (χ0v) is 8.85. The fourth-order valence-electron chi connectivity index (χ4n) is 1.08. The number of carbonyl (C=O) groups excluding carboxylic acids is 1. The van der Waals surface area contributed by atoms with Gasteiger partial charge in [0.05, 0.1) is 0 Å². The second kappa shape index (κ2) is 2.87. The number of rotatable bonds is 2. The smallest absolute Gasteiger partial charge is 0.287 e. The second-order valence-electron chi connectivity index (χ2n) is 3.62. The number of carbonyl (C=O) groups is 1. The third kappa shape index (κ3) is 1.94. The van der Waals surface area contributed by atoms with Crippen LogP contribution in [-0.2, 0) is 0 Å². The summed E-state index contributed by atoms with van der Waals surface area (Å²) in [6.45, 7) is 2.03. The zero-order valence-electron chi connectivity index (χ0n) is 7.26. The van der Waals surface area contributed by atoms with E-state index in [2.05, 4.69) is 21.2 Å². The molecule has 70 valence electrons. The second-order valence-corrected chi connectivity index (χ2v) is 4.40. The fourth-order valence-corrected chi connectivity index (χ4v) is 1.39. The van der Waals surface area contributed by atoms with E-state index >= 15 is 0 Å². The van der Waals surface area contributed by atoms with Crippen molar-refractivity contribution in [3.05, 3.63) is 22.6 Å². The lowest BCUT2D eigenvalue weighted by Gasteiger charge is -2.08. The van der Waals surface area contributed by atoms with Crippen LogP contribution in [0.1, 0.15) is 30.3 Å². The normalized spacial score (nSPS) is 18.3. The molecule has 1 saturated carbocycles. The average molecular weight is 244 g/mol. The number of amides is 1. The van der Waals surface area contributed by atoms with Crippen molar-refractivity contribution >= 4 is 21.8 Å². The van der Waals surface area contributed by atoms with E-state index in [1.54, 1.807) is 12.1 Å². The molecule has 1 aromatic rings. The fraction of sp³-hybridized carbons (Fsp3) is 0.444. The molecule has 0 atom stereocenters. The van der Waals surface area contributed by atoms with E-state index in [4.69, 9.17) is 4.42 Å². The number of halogens is 1. The van der Waals surface area contributed by atoms with Crippen LogP contribution in [0.2, 0.25) is 0 Å². The topological polar surface area (TPSA) is 42.2 Å². The summed E-state index contributed by atoms with van der Waals surface area (Å²) in [5, 5.41) is 2.91. The standard InChI is InChI=1S/C9H10BrNO2/c1-9(4-5-9)11-8(12)6-2-3-7(10)13-6/h2-3H,4-5H2,1H3,(H,11,12). The lowest BCUT2D eigenvalue weighted by Crippen LogP contribution is -2.33. The number of hydrogen-bond acceptors (Lipinski definition) is 2. The Morgan fingerprint density at radius 1 is 1.62 bits per heavy atom. The molecule has 0 radical (unpaired) electrons. The first-order chi connectivity index (χ1) is 6.09. The minimum absolute atomic E-state index is 0.0103. The highest BCUT2D eigenvalue weighted by molar-refractivity contribution is 9.10. The summed E-state index contributed by atoms with van der Waals surface area (Å²) < 4.78 is 5.71. The summed E-state index contributed by atoms with van der Waals surface area (Å²) in [4.78, 5) is 11.5. The van der Waals surface area contributed by atoms with Gasteiger partial charge in [-0.05, 0) is 47.8 Å². The highest BCUT2D eigenvalue weighted by atomic mass is 79.9. The zero-order chi connectivity index (χ0) is 9.47. The van der Waals surface area contributed by atoms with Gasteiger partial charge in [0, 0.05) is 5.54 Å². The molecule has 0 aromatic carbocycles. The lowest BCUT2D eigenvalue weighted by molar-refractivity contribution is 0.0906. The highest BCUT2D eigenvalue weighted by Gasteiger charge is 2.39. The Bertz CT molecular complexity index is 341. The van der Waals surface area contributed by atoms with Crippen LogP contribution in [-0.4, -0.2) is 11.4 Å². The summed E-state index contributed by atoms with van der Waals surface area (Å²) in [6, 6.07) is 3.37. The molecule has 4 heteroatoms. The maximum atomic E-state index is 11.5. The summed E-state index contributed by atoms with van der Waals surface area (Å²) in [5.74, 6) is 0.228. The van der Waals surface area contributed by atoms with Gasteiger partial charge >= 0.3 is 0 Å². The Labute approximate surface area is 84.6 Å². The molecule has 1 aliphatic rings. The number of furan rings is 1. The summed E-state index contributed by atoms with van der Waals surface area (Å²) in [7, 11) is 0. The molecule has 0 aliphatic heterocycles. The maximum absolute atomic E-state index is 11.5. The molecule has 1 aliphatic carbocycles. The van der Waals surface area contributed by atoms with Gasteiger partial charge in [-0.15, -0.1) is 0 Å². The molecule has 1 aromatic heterocycles. The monoisotopic (exact) mass is 243 g/mol. The van der Waals surface area contributed by atoms with Crippen LogP contribution in [0, 0.1) is 0 Å². The third-order valence-electron chi connectivity index (χ3n) is 2.21. The third-order valence-corrected chi connectivity index (χ3v) is 2.64. The van der Waals surface area contributed by atoms with Gasteiger partial charge in [0.25, 0.3) is 5.91 Å². The molecule has 1 N–H and O–H groups in total. The van der Waals surface area contributed by atoms with Gasteiger partial charge in [0.1, 0.15) is 0 Å². The molecule has 0 unspecified atom stereocenters. The minimum atomic E-state index is -0.134. The largest absolute Gasteiger partial charge is 0.444 e. The Morgan fingerprint density at radius 2 is 2.31 bits per heavy atom. The van der Waals surface area contributed by atoms with Crippen LogP contribution in [0.3, 0.4) is 0 Å². The van der Waals surface area contributed by atoms with Gasteiger partial charge in [0.15, 0.2) is 10.4 Å². The highest BCUT2D eigenvalue weighted by Crippen LogP contribution is 2.34. The maximum Gasteiger partial charge on any atom is 0.287 e. The van der Waals surface area contributed by atoms with Crippen LogP contribution in [0.4, 0.5) is 0 Å². The molecule has 0 spiro atoms. The first-order valence-electron chi connectivity index (χ1n) is 4.17. The van der Waals surface area contributed by atoms with Crippen molar-refractivity contribution in [3.63, 3.8) is 0 Å². The van der Waals surface area contributed by atoms with Crippen LogP contribution in [0.25, 0.3) is 0 Å². The van der Waals surface area contributed by atoms with Crippen molar-refractivity contribution in [1.82, 2.24) is 5.32 Å². The van der Waals surface area contributed by atoms with Crippen molar-refractivity contribution in [3.8, 4) is 0 Å². The Hall–Kier alpha value is -0.770. The summed E-state index contributed by atoms with van der Waals surface area (Å²) in [6.07, 6.45) is 2.11. The van der Waals surface area contributed by atoms with E-state index in [-0.39, 0.29) is 11.4 Å². The van der Waals surface area contributed by atoms with Crippen LogP contribution in [0.5, 0.6) is 0 Å². The molecule has 2 rings (SSSR count). The summed E-state index contributed by atoms with van der Waals surface area (Å²) >= 11 is 3.15. The van der Waals surface area contributed by atoms with E-state index in [0.717, 1.165) is 12.8 Å². The Kier molecular flexibility index (Phi) is 1.95. The van der Waals surface area contributed by atoms with Crippen molar-refractivity contribution in [2.45, 2.75) is 25.3 Å². The van der Waals surface area contributed by atoms with E-state index in [1.807, 2.05) is 6.92 Å². The van der Waals surface area contributed by atoms with Crippen LogP contribution in [0.15, 0.2) is 21.2 Å². The average Bonchev–Trinajstić information content (AvgIpc) is 2.62. The molecular weight excluding hydrogens is 234 g/mol. The van der Waals surface area contributed by atoms with Gasteiger partial charge in [-0.1, -0.05) is 0 Å². The molecular formula is C9H10BrNO2. The molecule has 13 heavy (non-hydrogen) atoms. The Balaban J connectivity index is 2.05. The molecule has 3 nitrogen and oxygen atoms in total. The van der Waals surface area contributed by atoms with Gasteiger partial charge in [-0.25, -0.2) is 0 Å². The van der Waals surface area contributed by atoms with Crippen LogP contribution < -0.4 is 5.32 Å². The van der Waals surface area contributed by atoms with Gasteiger partial charge < -0.3 is 9.73 Å². The predicted octanol–water partition coefficient (Wildman–Crippen LogP) is 2.32. The van der Waals surface area contributed by atoms with Crippen LogP contribution >= 0.6 is 15.9 Å². The van der Waals surface area contributed by atoms with Crippen molar-refractivity contribution in [2.75, 3.05) is 0 Å². The molecule has 1 heterocycles. The number of nitrogens with one attached hydrogen (secondary N) is 1. The lowest BCUT2D eigenvalue weighted by atomic mass is 10.3. The van der Waals surface area contributed by atoms with Crippen molar-refractivity contribution in [1.29, 1.82) is 0 Å². The van der Waals surface area contributed by atoms with Crippen molar-refractivity contribution < 1.29 is 9.21 Å². The van der Waals surface area contributed by atoms with E-state index < -0.39 is 0 Å². The summed E-state index contributed by atoms with van der Waals surface area (Å²) in [5.41, 5.74) is 0.0103. The molecule has 0 bridgehead atoms. The van der Waals surface area contributed by atoms with E-state index in [9.17, 15) is 4.79 Å². The van der Waals surface area contributed by atoms with Crippen molar-refractivity contribution in [2.24, 2.45) is 0 Å². The predicted molar refractivity (Wildman–Crippen MR) is 51.5 cm³/mol.